The summed E-state index contributed by atoms with van der Waals surface area (Å²) in [6.45, 7) is 36.0. The lowest BCUT2D eigenvalue weighted by atomic mass is 9.37. The molecule has 3 aromatic rings. The van der Waals surface area contributed by atoms with Gasteiger partial charge in [0, 0.05) is 10.8 Å². The Labute approximate surface area is 296 Å². The van der Waals surface area contributed by atoms with Crippen molar-refractivity contribution in [2.45, 2.75) is 87.5 Å². The van der Waals surface area contributed by atoms with Crippen LogP contribution in [0.4, 0.5) is 0 Å². The van der Waals surface area contributed by atoms with Crippen LogP contribution in [0.3, 0.4) is 0 Å². The fourth-order valence-electron chi connectivity index (χ4n) is 11.0. The Balaban J connectivity index is 1.24. The van der Waals surface area contributed by atoms with Gasteiger partial charge >= 0.3 is 0 Å². The van der Waals surface area contributed by atoms with Crippen LogP contribution in [0.1, 0.15) is 102 Å². The molecule has 0 saturated heterocycles. The first-order valence-corrected chi connectivity index (χ1v) is 18.3. The first-order valence-electron chi connectivity index (χ1n) is 18.3. The molecule has 4 aliphatic carbocycles. The van der Waals surface area contributed by atoms with Crippen molar-refractivity contribution < 1.29 is 0 Å². The Bertz CT molecular complexity index is 2070. The highest BCUT2D eigenvalue weighted by Crippen LogP contribution is 2.74. The second-order valence-electron chi connectivity index (χ2n) is 16.4. The summed E-state index contributed by atoms with van der Waals surface area (Å²) < 4.78 is 0. The summed E-state index contributed by atoms with van der Waals surface area (Å²) in [5, 5.41) is 0. The van der Waals surface area contributed by atoms with Crippen LogP contribution >= 0.6 is 0 Å². The zero-order chi connectivity index (χ0) is 35.2. The minimum Gasteiger partial charge on any atom is -0.0955 e. The van der Waals surface area contributed by atoms with Crippen LogP contribution in [-0.2, 0) is 6.42 Å². The standard InChI is InChI=1S/C49H54/c1-29(2)44-30(3)28-47(10)36(9)48(11)33(6)43-25-24-41(31(4)45(43)32(5)46(48)35(8)49(47,12)34(44)7)26-37-18-19-42(27-37)40-22-20-39(21-23-40)38-16-14-13-15-17-38/h13-17,19-25,27,33,36H,1,5,7,18,26,28H2,2-4,6,8-12H3/t33-,36+,47+,48-,49-/m1/s1. The molecule has 0 spiro atoms. The highest BCUT2D eigenvalue weighted by molar-refractivity contribution is 5.88. The third kappa shape index (κ3) is 4.55. The maximum atomic E-state index is 4.96. The molecule has 5 atom stereocenters. The van der Waals surface area contributed by atoms with Crippen LogP contribution in [0.5, 0.6) is 0 Å². The largest absolute Gasteiger partial charge is 0.0955 e. The van der Waals surface area contributed by atoms with Gasteiger partial charge in [-0.15, -0.1) is 0 Å². The topological polar surface area (TPSA) is 0 Å². The molecule has 0 bridgehead atoms. The number of hydrogen-bond acceptors (Lipinski definition) is 0. The minimum absolute atomic E-state index is 0.0273. The zero-order valence-electron chi connectivity index (χ0n) is 31.4. The van der Waals surface area contributed by atoms with Crippen LogP contribution in [0.15, 0.2) is 138 Å². The van der Waals surface area contributed by atoms with E-state index in [-0.39, 0.29) is 16.2 Å². The van der Waals surface area contributed by atoms with Crippen LogP contribution in [0.2, 0.25) is 0 Å². The average Bonchev–Trinajstić information content (AvgIpc) is 3.55. The van der Waals surface area contributed by atoms with Crippen LogP contribution in [0, 0.1) is 29.1 Å². The first kappa shape index (κ1) is 33.3. The summed E-state index contributed by atoms with van der Waals surface area (Å²) >= 11 is 0. The summed E-state index contributed by atoms with van der Waals surface area (Å²) in [5.74, 6) is 0.803. The normalized spacial score (nSPS) is 29.3. The molecule has 0 aliphatic heterocycles. The molecule has 0 unspecified atom stereocenters. The number of rotatable bonds is 5. The van der Waals surface area contributed by atoms with E-state index < -0.39 is 0 Å². The maximum Gasteiger partial charge on any atom is 0.0196 e. The number of benzene rings is 3. The van der Waals surface area contributed by atoms with E-state index in [2.05, 4.69) is 148 Å². The van der Waals surface area contributed by atoms with E-state index in [1.54, 1.807) is 0 Å². The number of hydrogen-bond donors (Lipinski definition) is 0. The SMILES string of the molecule is C=C(C)C1=C(C)C[C@@]2(C)[C@H](C)[C@]3(C)C(=C(C)[C@@]2(C)C1=C)C(=C)c1c(ccc(CC2=CC(c4ccc(-c5ccccc5)cc4)=CC2)c1C)[C@H]3C. The Morgan fingerprint density at radius 3 is 2.12 bits per heavy atom. The fraction of sp³-hybridized carbons (Fsp3) is 0.347. The van der Waals surface area contributed by atoms with Gasteiger partial charge in [0.05, 0.1) is 0 Å². The van der Waals surface area contributed by atoms with Crippen molar-refractivity contribution in [3.63, 3.8) is 0 Å². The van der Waals surface area contributed by atoms with E-state index >= 15 is 0 Å². The van der Waals surface area contributed by atoms with Crippen LogP contribution in [-0.4, -0.2) is 0 Å². The van der Waals surface area contributed by atoms with Gasteiger partial charge in [0.2, 0.25) is 0 Å². The lowest BCUT2D eigenvalue weighted by Gasteiger charge is -2.67. The lowest BCUT2D eigenvalue weighted by Crippen LogP contribution is -2.58. The van der Waals surface area contributed by atoms with E-state index in [9.17, 15) is 0 Å². The molecule has 4 aliphatic rings. The molecule has 250 valence electrons. The van der Waals surface area contributed by atoms with Crippen molar-refractivity contribution in [2.75, 3.05) is 0 Å². The zero-order valence-corrected chi connectivity index (χ0v) is 31.4. The Kier molecular flexibility index (Phi) is 7.79. The van der Waals surface area contributed by atoms with Crippen molar-refractivity contribution in [3.8, 4) is 11.1 Å². The second-order valence-corrected chi connectivity index (χ2v) is 16.4. The van der Waals surface area contributed by atoms with Crippen molar-refractivity contribution in [1.82, 2.24) is 0 Å². The number of allylic oxidation sites excluding steroid dienone is 11. The van der Waals surface area contributed by atoms with Gasteiger partial charge in [0.1, 0.15) is 0 Å². The maximum absolute atomic E-state index is 4.96. The Morgan fingerprint density at radius 1 is 0.837 bits per heavy atom. The first-order chi connectivity index (χ1) is 23.2. The molecule has 0 saturated carbocycles. The van der Waals surface area contributed by atoms with Gasteiger partial charge in [-0.1, -0.05) is 156 Å². The molecule has 49 heavy (non-hydrogen) atoms. The summed E-state index contributed by atoms with van der Waals surface area (Å²) in [6.07, 6.45) is 7.85. The molecular formula is C49H54. The second kappa shape index (κ2) is 11.4. The predicted molar refractivity (Wildman–Crippen MR) is 212 cm³/mol. The van der Waals surface area contributed by atoms with Gasteiger partial charge in [-0.25, -0.2) is 0 Å². The Morgan fingerprint density at radius 2 is 1.47 bits per heavy atom. The van der Waals surface area contributed by atoms with Gasteiger partial charge in [-0.3, -0.25) is 0 Å². The molecule has 7 rings (SSSR count). The monoisotopic (exact) mass is 642 g/mol. The summed E-state index contributed by atoms with van der Waals surface area (Å²) in [5.41, 5.74) is 21.4. The third-order valence-electron chi connectivity index (χ3n) is 14.3. The van der Waals surface area contributed by atoms with Crippen molar-refractivity contribution >= 4 is 11.1 Å². The highest BCUT2D eigenvalue weighted by Gasteiger charge is 2.64. The molecule has 0 fully saturated rings. The smallest absolute Gasteiger partial charge is 0.0196 e. The molecule has 0 heteroatoms. The van der Waals surface area contributed by atoms with E-state index in [1.807, 2.05) is 0 Å². The van der Waals surface area contributed by atoms with E-state index in [0.29, 0.717) is 11.8 Å². The van der Waals surface area contributed by atoms with Gasteiger partial charge in [-0.2, -0.15) is 0 Å². The summed E-state index contributed by atoms with van der Waals surface area (Å²) in [6, 6.07) is 24.5. The van der Waals surface area contributed by atoms with E-state index in [0.717, 1.165) is 24.8 Å². The average molecular weight is 643 g/mol. The predicted octanol–water partition coefficient (Wildman–Crippen LogP) is 13.6. The molecule has 0 N–H and O–H groups in total. The van der Waals surface area contributed by atoms with Gasteiger partial charge in [0.15, 0.2) is 0 Å². The Hall–Kier alpha value is -4.16. The molecule has 3 aromatic carbocycles. The summed E-state index contributed by atoms with van der Waals surface area (Å²) in [4.78, 5) is 0. The molecule has 0 amide bonds. The van der Waals surface area contributed by atoms with Gasteiger partial charge in [-0.05, 0) is 131 Å². The quantitative estimate of drug-likeness (QED) is 0.260. The van der Waals surface area contributed by atoms with Crippen molar-refractivity contribution in [1.29, 1.82) is 0 Å². The van der Waals surface area contributed by atoms with Crippen molar-refractivity contribution in [2.24, 2.45) is 22.2 Å². The number of fused-ring (bicyclic) bond motifs is 3. The fourth-order valence-corrected chi connectivity index (χ4v) is 11.0. The highest BCUT2D eigenvalue weighted by atomic mass is 14.7. The van der Waals surface area contributed by atoms with Crippen molar-refractivity contribution in [3.05, 3.63) is 165 Å². The molecule has 0 aromatic heterocycles. The lowest BCUT2D eigenvalue weighted by molar-refractivity contribution is -0.0260. The molecule has 0 heterocycles. The summed E-state index contributed by atoms with van der Waals surface area (Å²) in [7, 11) is 0. The van der Waals surface area contributed by atoms with Gasteiger partial charge < -0.3 is 0 Å². The molecule has 0 nitrogen and oxygen atoms in total. The third-order valence-corrected chi connectivity index (χ3v) is 14.3. The van der Waals surface area contributed by atoms with Crippen LogP contribution in [0.25, 0.3) is 22.3 Å². The van der Waals surface area contributed by atoms with Crippen LogP contribution < -0.4 is 0 Å². The van der Waals surface area contributed by atoms with Gasteiger partial charge in [0.25, 0.3) is 0 Å². The van der Waals surface area contributed by atoms with E-state index in [4.69, 9.17) is 13.2 Å². The molecule has 0 radical (unpaired) electrons. The molecular weight excluding hydrogens is 589 g/mol. The minimum atomic E-state index is -0.170. The van der Waals surface area contributed by atoms with E-state index in [1.165, 1.54) is 83.5 Å².